The Hall–Kier alpha value is -2.72. The number of ketones is 1. The number of rotatable bonds is 3. The molecule has 2 aromatic rings. The summed E-state index contributed by atoms with van der Waals surface area (Å²) < 4.78 is 0. The summed E-state index contributed by atoms with van der Waals surface area (Å²) in [6, 6.07) is 13.1. The molecule has 1 fully saturated rings. The van der Waals surface area contributed by atoms with Crippen LogP contribution in [0, 0.1) is 0 Å². The molecule has 1 heterocycles. The van der Waals surface area contributed by atoms with Crippen molar-refractivity contribution in [3.63, 3.8) is 0 Å². The van der Waals surface area contributed by atoms with Gasteiger partial charge in [-0.05, 0) is 31.9 Å². The van der Waals surface area contributed by atoms with Crippen LogP contribution in [0.5, 0.6) is 0 Å². The average molecular weight is 374 g/mol. The summed E-state index contributed by atoms with van der Waals surface area (Å²) >= 11 is 0. The molecule has 0 spiro atoms. The minimum Gasteiger partial charge on any atom is -0.337 e. The topological polar surface area (TPSA) is 40.6 Å². The fourth-order valence-electron chi connectivity index (χ4n) is 4.09. The molecule has 144 valence electrons. The molecule has 2 aromatic carbocycles. The third kappa shape index (κ3) is 3.40. The van der Waals surface area contributed by atoms with Gasteiger partial charge in [0.25, 0.3) is 5.91 Å². The van der Waals surface area contributed by atoms with Crippen LogP contribution in [0.2, 0.25) is 0 Å². The number of carbonyl (C=O) groups excluding carboxylic acids is 2. The summed E-state index contributed by atoms with van der Waals surface area (Å²) in [5, 5.41) is 0. The molecule has 4 heteroatoms. The van der Waals surface area contributed by atoms with E-state index in [1.54, 1.807) is 0 Å². The molecule has 0 atom stereocenters. The molecule has 0 aromatic heterocycles. The predicted octanol–water partition coefficient (Wildman–Crippen LogP) is 4.01. The smallest absolute Gasteiger partial charge is 0.254 e. The number of fused-ring (bicyclic) bond motifs is 3. The zero-order chi connectivity index (χ0) is 19.7. The van der Waals surface area contributed by atoms with Crippen LogP contribution in [0.1, 0.15) is 46.5 Å². The van der Waals surface area contributed by atoms with Crippen LogP contribution in [0.25, 0.3) is 11.1 Å². The number of hydrogen-bond donors (Lipinski definition) is 0. The van der Waals surface area contributed by atoms with Gasteiger partial charge in [-0.2, -0.15) is 0 Å². The zero-order valence-electron chi connectivity index (χ0n) is 16.6. The molecule has 0 bridgehead atoms. The Labute approximate surface area is 166 Å². The van der Waals surface area contributed by atoms with E-state index in [0.717, 1.165) is 43.7 Å². The Morgan fingerprint density at radius 1 is 0.929 bits per heavy atom. The Morgan fingerprint density at radius 3 is 2.46 bits per heavy atom. The second-order valence-electron chi connectivity index (χ2n) is 7.83. The molecular formula is C24H26N2O2. The van der Waals surface area contributed by atoms with Crippen LogP contribution < -0.4 is 0 Å². The molecule has 4 nitrogen and oxygen atoms in total. The maximum Gasteiger partial charge on any atom is 0.254 e. The minimum atomic E-state index is 0.0176. The monoisotopic (exact) mass is 374 g/mol. The Kier molecular flexibility index (Phi) is 5.14. The van der Waals surface area contributed by atoms with E-state index >= 15 is 0 Å². The molecule has 1 aliphatic heterocycles. The highest BCUT2D eigenvalue weighted by atomic mass is 16.2. The van der Waals surface area contributed by atoms with Gasteiger partial charge in [-0.1, -0.05) is 48.0 Å². The van der Waals surface area contributed by atoms with Crippen molar-refractivity contribution in [2.75, 3.05) is 32.7 Å². The van der Waals surface area contributed by atoms with E-state index in [1.807, 2.05) is 47.4 Å². The number of nitrogens with zero attached hydrogens (tertiary/aromatic N) is 2. The molecular weight excluding hydrogens is 348 g/mol. The highest BCUT2D eigenvalue weighted by Crippen LogP contribution is 2.39. The second-order valence-corrected chi connectivity index (χ2v) is 7.83. The van der Waals surface area contributed by atoms with Gasteiger partial charge in [0.2, 0.25) is 0 Å². The first-order valence-electron chi connectivity index (χ1n) is 9.98. The van der Waals surface area contributed by atoms with Crippen LogP contribution in [0.15, 0.2) is 54.1 Å². The third-order valence-corrected chi connectivity index (χ3v) is 5.61. The van der Waals surface area contributed by atoms with Crippen molar-refractivity contribution in [3.05, 3.63) is 70.8 Å². The molecule has 28 heavy (non-hydrogen) atoms. The van der Waals surface area contributed by atoms with E-state index in [1.165, 1.54) is 5.57 Å². The summed E-state index contributed by atoms with van der Waals surface area (Å²) in [4.78, 5) is 30.5. The van der Waals surface area contributed by atoms with Crippen LogP contribution in [0.4, 0.5) is 0 Å². The number of hydrogen-bond acceptors (Lipinski definition) is 3. The molecule has 0 radical (unpaired) electrons. The lowest BCUT2D eigenvalue weighted by Gasteiger charge is -2.22. The quantitative estimate of drug-likeness (QED) is 0.651. The van der Waals surface area contributed by atoms with Crippen LogP contribution in [-0.2, 0) is 0 Å². The molecule has 1 saturated heterocycles. The van der Waals surface area contributed by atoms with Gasteiger partial charge in [0, 0.05) is 55.0 Å². The van der Waals surface area contributed by atoms with E-state index in [-0.39, 0.29) is 11.7 Å². The number of carbonyl (C=O) groups is 2. The van der Waals surface area contributed by atoms with E-state index < -0.39 is 0 Å². The van der Waals surface area contributed by atoms with Gasteiger partial charge in [-0.15, -0.1) is 0 Å². The van der Waals surface area contributed by atoms with Crippen molar-refractivity contribution in [2.45, 2.75) is 20.3 Å². The van der Waals surface area contributed by atoms with E-state index in [2.05, 4.69) is 24.8 Å². The van der Waals surface area contributed by atoms with Crippen molar-refractivity contribution in [2.24, 2.45) is 0 Å². The summed E-state index contributed by atoms with van der Waals surface area (Å²) in [6.07, 6.45) is 3.21. The molecule has 0 N–H and O–H groups in total. The molecule has 1 aliphatic carbocycles. The number of benzene rings is 2. The maximum atomic E-state index is 13.4. The Morgan fingerprint density at radius 2 is 1.68 bits per heavy atom. The highest BCUT2D eigenvalue weighted by molar-refractivity contribution is 6.24. The predicted molar refractivity (Wildman–Crippen MR) is 112 cm³/mol. The van der Waals surface area contributed by atoms with Crippen LogP contribution in [0.3, 0.4) is 0 Å². The van der Waals surface area contributed by atoms with E-state index in [0.29, 0.717) is 23.2 Å². The number of allylic oxidation sites excluding steroid dienone is 1. The van der Waals surface area contributed by atoms with E-state index in [4.69, 9.17) is 0 Å². The van der Waals surface area contributed by atoms with Gasteiger partial charge in [-0.3, -0.25) is 14.5 Å². The lowest BCUT2D eigenvalue weighted by atomic mass is 9.98. The van der Waals surface area contributed by atoms with Gasteiger partial charge in [-0.25, -0.2) is 0 Å². The fourth-order valence-corrected chi connectivity index (χ4v) is 4.09. The van der Waals surface area contributed by atoms with E-state index in [9.17, 15) is 9.59 Å². The van der Waals surface area contributed by atoms with Gasteiger partial charge in [0.1, 0.15) is 0 Å². The molecule has 0 saturated carbocycles. The van der Waals surface area contributed by atoms with Gasteiger partial charge < -0.3 is 4.90 Å². The summed E-state index contributed by atoms with van der Waals surface area (Å²) in [7, 11) is 0. The minimum absolute atomic E-state index is 0.0176. The SMILES string of the molecule is CC(C)=CCN1CCCN(C(=O)c2cccc3c2-c2ccccc2C3=O)CC1. The van der Waals surface area contributed by atoms with Gasteiger partial charge >= 0.3 is 0 Å². The second kappa shape index (κ2) is 7.72. The highest BCUT2D eigenvalue weighted by Gasteiger charge is 2.31. The van der Waals surface area contributed by atoms with Crippen molar-refractivity contribution < 1.29 is 9.59 Å². The normalized spacial score (nSPS) is 16.4. The largest absolute Gasteiger partial charge is 0.337 e. The summed E-state index contributed by atoms with van der Waals surface area (Å²) in [5.41, 5.74) is 4.99. The van der Waals surface area contributed by atoms with Crippen molar-refractivity contribution in [1.29, 1.82) is 0 Å². The van der Waals surface area contributed by atoms with Crippen molar-refractivity contribution in [3.8, 4) is 11.1 Å². The van der Waals surface area contributed by atoms with Gasteiger partial charge in [0.05, 0.1) is 0 Å². The lowest BCUT2D eigenvalue weighted by Crippen LogP contribution is -2.35. The first kappa shape index (κ1) is 18.6. The Bertz CT molecular complexity index is 957. The first-order valence-corrected chi connectivity index (χ1v) is 9.98. The Balaban J connectivity index is 1.59. The van der Waals surface area contributed by atoms with Crippen LogP contribution in [-0.4, -0.2) is 54.2 Å². The standard InChI is InChI=1S/C24H26N2O2/c1-17(2)11-14-25-12-6-13-26(16-15-25)24(28)21-10-5-9-20-22(21)18-7-3-4-8-19(18)23(20)27/h3-5,7-11H,6,12-16H2,1-2H3. The van der Waals surface area contributed by atoms with Crippen molar-refractivity contribution >= 4 is 11.7 Å². The maximum absolute atomic E-state index is 13.4. The molecule has 0 unspecified atom stereocenters. The summed E-state index contributed by atoms with van der Waals surface area (Å²) in [6.45, 7) is 8.51. The zero-order valence-corrected chi connectivity index (χ0v) is 16.6. The van der Waals surface area contributed by atoms with Crippen LogP contribution >= 0.6 is 0 Å². The first-order chi connectivity index (χ1) is 13.6. The molecule has 2 aliphatic rings. The average Bonchev–Trinajstić information content (AvgIpc) is 2.86. The molecule has 4 rings (SSSR count). The van der Waals surface area contributed by atoms with Crippen molar-refractivity contribution in [1.82, 2.24) is 9.80 Å². The molecule has 1 amide bonds. The lowest BCUT2D eigenvalue weighted by molar-refractivity contribution is 0.0763. The third-order valence-electron chi connectivity index (χ3n) is 5.61. The number of amides is 1. The van der Waals surface area contributed by atoms with Gasteiger partial charge in [0.15, 0.2) is 5.78 Å². The fraction of sp³-hybridized carbons (Fsp3) is 0.333. The summed E-state index contributed by atoms with van der Waals surface area (Å²) in [5.74, 6) is 0.0504.